The molecule has 1 aromatic heterocycles. The van der Waals surface area contributed by atoms with E-state index in [2.05, 4.69) is 28.4 Å². The molecular formula is C15H20N2O2. The van der Waals surface area contributed by atoms with Gasteiger partial charge in [0.05, 0.1) is 12.6 Å². The van der Waals surface area contributed by atoms with Gasteiger partial charge in [-0.1, -0.05) is 25.1 Å². The van der Waals surface area contributed by atoms with Crippen molar-refractivity contribution in [2.75, 3.05) is 7.11 Å². The number of carbonyl (C=O) groups excluding carboxylic acids is 1. The third kappa shape index (κ3) is 2.49. The fourth-order valence-corrected chi connectivity index (χ4v) is 2.55. The number of fused-ring (bicyclic) bond motifs is 1. The lowest BCUT2D eigenvalue weighted by Crippen LogP contribution is -2.33. The van der Waals surface area contributed by atoms with Gasteiger partial charge in [0.25, 0.3) is 0 Å². The van der Waals surface area contributed by atoms with Crippen LogP contribution in [0.1, 0.15) is 18.1 Å². The molecule has 0 saturated carbocycles. The number of para-hydroxylation sites is 1. The normalized spacial score (nSPS) is 12.6. The molecule has 0 fully saturated rings. The number of esters is 1. The van der Waals surface area contributed by atoms with Crippen LogP contribution >= 0.6 is 0 Å². The van der Waals surface area contributed by atoms with Crippen LogP contribution in [0.25, 0.3) is 10.9 Å². The minimum Gasteiger partial charge on any atom is -0.468 e. The van der Waals surface area contributed by atoms with Crippen LogP contribution in [0, 0.1) is 0 Å². The van der Waals surface area contributed by atoms with E-state index in [1.807, 2.05) is 19.3 Å². The van der Waals surface area contributed by atoms with Crippen LogP contribution in [0.3, 0.4) is 0 Å². The van der Waals surface area contributed by atoms with Gasteiger partial charge in [0.1, 0.15) is 6.04 Å². The van der Waals surface area contributed by atoms with Crippen LogP contribution in [0.15, 0.2) is 24.4 Å². The van der Waals surface area contributed by atoms with E-state index in [4.69, 9.17) is 5.73 Å². The second-order valence-electron chi connectivity index (χ2n) is 4.77. The van der Waals surface area contributed by atoms with Gasteiger partial charge >= 0.3 is 5.97 Å². The Morgan fingerprint density at radius 2 is 2.16 bits per heavy atom. The average molecular weight is 260 g/mol. The van der Waals surface area contributed by atoms with Gasteiger partial charge in [-0.2, -0.15) is 0 Å². The van der Waals surface area contributed by atoms with Crippen LogP contribution in [0.2, 0.25) is 0 Å². The van der Waals surface area contributed by atoms with Crippen molar-refractivity contribution in [1.29, 1.82) is 0 Å². The van der Waals surface area contributed by atoms with Crippen LogP contribution in [-0.4, -0.2) is 23.7 Å². The zero-order chi connectivity index (χ0) is 14.0. The number of aryl methyl sites for hydroxylation is 2. The number of hydrogen-bond acceptors (Lipinski definition) is 3. The molecule has 0 bridgehead atoms. The highest BCUT2D eigenvalue weighted by atomic mass is 16.5. The lowest BCUT2D eigenvalue weighted by atomic mass is 10.0. The predicted octanol–water partition coefficient (Wildman–Crippen LogP) is 1.78. The summed E-state index contributed by atoms with van der Waals surface area (Å²) in [6, 6.07) is 5.65. The average Bonchev–Trinajstić information content (AvgIpc) is 2.74. The van der Waals surface area contributed by atoms with Gasteiger partial charge in [0, 0.05) is 25.1 Å². The number of ether oxygens (including phenoxy) is 1. The van der Waals surface area contributed by atoms with Gasteiger partial charge in [-0.25, -0.2) is 0 Å². The van der Waals surface area contributed by atoms with Crippen LogP contribution < -0.4 is 5.73 Å². The molecule has 102 valence electrons. The molecule has 1 heterocycles. The largest absolute Gasteiger partial charge is 0.468 e. The van der Waals surface area contributed by atoms with Crippen molar-refractivity contribution in [3.63, 3.8) is 0 Å². The Kier molecular flexibility index (Phi) is 3.90. The van der Waals surface area contributed by atoms with Gasteiger partial charge in [0.15, 0.2) is 0 Å². The molecule has 0 amide bonds. The SMILES string of the molecule is CCc1cccc2c(CC(N)C(=O)OC)cn(C)c12. The quantitative estimate of drug-likeness (QED) is 0.853. The van der Waals surface area contributed by atoms with Crippen molar-refractivity contribution in [2.45, 2.75) is 25.8 Å². The van der Waals surface area contributed by atoms with Gasteiger partial charge in [-0.3, -0.25) is 4.79 Å². The zero-order valence-electron chi connectivity index (χ0n) is 11.6. The van der Waals surface area contributed by atoms with Gasteiger partial charge < -0.3 is 15.0 Å². The van der Waals surface area contributed by atoms with Crippen molar-refractivity contribution >= 4 is 16.9 Å². The summed E-state index contributed by atoms with van der Waals surface area (Å²) in [6.45, 7) is 2.14. The Labute approximate surface area is 113 Å². The number of hydrogen-bond donors (Lipinski definition) is 1. The zero-order valence-corrected chi connectivity index (χ0v) is 11.6. The van der Waals surface area contributed by atoms with E-state index < -0.39 is 6.04 Å². The van der Waals surface area contributed by atoms with Gasteiger partial charge in [0.2, 0.25) is 0 Å². The van der Waals surface area contributed by atoms with E-state index in [1.54, 1.807) is 0 Å². The Bertz CT molecular complexity index is 601. The van der Waals surface area contributed by atoms with E-state index in [9.17, 15) is 4.79 Å². The van der Waals surface area contributed by atoms with Crippen molar-refractivity contribution in [3.05, 3.63) is 35.5 Å². The number of rotatable bonds is 4. The Balaban J connectivity index is 2.43. The molecule has 0 radical (unpaired) electrons. The fourth-order valence-electron chi connectivity index (χ4n) is 2.55. The summed E-state index contributed by atoms with van der Waals surface area (Å²) in [5.74, 6) is -0.372. The van der Waals surface area contributed by atoms with Crippen molar-refractivity contribution in [2.24, 2.45) is 12.8 Å². The summed E-state index contributed by atoms with van der Waals surface area (Å²) in [5, 5.41) is 1.17. The summed E-state index contributed by atoms with van der Waals surface area (Å²) in [6.07, 6.45) is 3.53. The molecule has 1 unspecified atom stereocenters. The molecule has 2 N–H and O–H groups in total. The third-order valence-electron chi connectivity index (χ3n) is 3.49. The maximum Gasteiger partial charge on any atom is 0.322 e. The summed E-state index contributed by atoms with van der Waals surface area (Å²) in [7, 11) is 3.38. The second-order valence-corrected chi connectivity index (χ2v) is 4.77. The van der Waals surface area contributed by atoms with E-state index in [0.717, 1.165) is 12.0 Å². The predicted molar refractivity (Wildman–Crippen MR) is 76.0 cm³/mol. The van der Waals surface area contributed by atoms with Crippen LogP contribution in [-0.2, 0) is 29.4 Å². The number of carbonyl (C=O) groups is 1. The monoisotopic (exact) mass is 260 g/mol. The van der Waals surface area contributed by atoms with Crippen molar-refractivity contribution in [1.82, 2.24) is 4.57 Å². The standard InChI is InChI=1S/C15H20N2O2/c1-4-10-6-5-7-12-11(9-17(2)14(10)12)8-13(16)15(18)19-3/h5-7,9,13H,4,8,16H2,1-3H3. The van der Waals surface area contributed by atoms with E-state index in [0.29, 0.717) is 6.42 Å². The van der Waals surface area contributed by atoms with Crippen molar-refractivity contribution in [3.8, 4) is 0 Å². The highest BCUT2D eigenvalue weighted by Crippen LogP contribution is 2.25. The molecule has 2 aromatic rings. The Morgan fingerprint density at radius 1 is 1.42 bits per heavy atom. The number of nitrogens with zero attached hydrogens (tertiary/aromatic N) is 1. The molecule has 1 atom stereocenters. The third-order valence-corrected chi connectivity index (χ3v) is 3.49. The number of benzene rings is 1. The number of aromatic nitrogens is 1. The van der Waals surface area contributed by atoms with E-state index in [1.165, 1.54) is 23.6 Å². The van der Waals surface area contributed by atoms with Gasteiger partial charge in [-0.15, -0.1) is 0 Å². The summed E-state index contributed by atoms with van der Waals surface area (Å²) >= 11 is 0. The van der Waals surface area contributed by atoms with Crippen molar-refractivity contribution < 1.29 is 9.53 Å². The summed E-state index contributed by atoms with van der Waals surface area (Å²) in [5.41, 5.74) is 9.46. The minimum absolute atomic E-state index is 0.372. The second kappa shape index (κ2) is 5.45. The molecule has 0 saturated heterocycles. The molecule has 0 aliphatic heterocycles. The number of methoxy groups -OCH3 is 1. The maximum atomic E-state index is 11.4. The van der Waals surface area contributed by atoms with E-state index in [-0.39, 0.29) is 5.97 Å². The molecule has 0 spiro atoms. The first kappa shape index (κ1) is 13.6. The topological polar surface area (TPSA) is 57.3 Å². The minimum atomic E-state index is -0.610. The highest BCUT2D eigenvalue weighted by molar-refractivity contribution is 5.87. The summed E-state index contributed by atoms with van der Waals surface area (Å²) < 4.78 is 6.78. The smallest absolute Gasteiger partial charge is 0.322 e. The van der Waals surface area contributed by atoms with Crippen LogP contribution in [0.5, 0.6) is 0 Å². The molecule has 1 aromatic carbocycles. The molecule has 19 heavy (non-hydrogen) atoms. The Morgan fingerprint density at radius 3 is 2.79 bits per heavy atom. The first-order valence-corrected chi connectivity index (χ1v) is 6.47. The molecule has 0 aliphatic carbocycles. The Hall–Kier alpha value is -1.81. The first-order chi connectivity index (χ1) is 9.08. The number of nitrogens with two attached hydrogens (primary N) is 1. The molecule has 2 rings (SSSR count). The highest BCUT2D eigenvalue weighted by Gasteiger charge is 2.17. The molecule has 4 heteroatoms. The lowest BCUT2D eigenvalue weighted by molar-refractivity contribution is -0.142. The van der Waals surface area contributed by atoms with E-state index >= 15 is 0 Å². The first-order valence-electron chi connectivity index (χ1n) is 6.47. The molecule has 0 aliphatic rings. The van der Waals surface area contributed by atoms with Gasteiger partial charge in [-0.05, 0) is 17.5 Å². The fraction of sp³-hybridized carbons (Fsp3) is 0.400. The lowest BCUT2D eigenvalue weighted by Gasteiger charge is -2.08. The summed E-state index contributed by atoms with van der Waals surface area (Å²) in [4.78, 5) is 11.4. The maximum absolute atomic E-state index is 11.4. The van der Waals surface area contributed by atoms with Crippen LogP contribution in [0.4, 0.5) is 0 Å². The molecule has 4 nitrogen and oxygen atoms in total. The molecular weight excluding hydrogens is 240 g/mol.